The highest BCUT2D eigenvalue weighted by atomic mass is 19.3. The Balaban J connectivity index is 1.45. The Morgan fingerprint density at radius 3 is 1.80 bits per heavy atom. The average Bonchev–Trinajstić information content (AvgIpc) is 2.79. The maximum Gasteiger partial charge on any atom is 0.241 e. The molecule has 0 unspecified atom stereocenters. The fraction of sp³-hybridized carbons (Fsp3) is 0.571. The quantitative estimate of drug-likeness (QED) is 0.323. The summed E-state index contributed by atoms with van der Waals surface area (Å²) in [6, 6.07) is 17.8. The van der Waals surface area contributed by atoms with E-state index in [1.54, 1.807) is 0 Å². The summed E-state index contributed by atoms with van der Waals surface area (Å²) in [6.45, 7) is 2.27. The largest absolute Gasteiger partial charge is 0.241 e. The summed E-state index contributed by atoms with van der Waals surface area (Å²) < 4.78 is 25.7. The highest BCUT2D eigenvalue weighted by Crippen LogP contribution is 2.38. The second-order valence-electron chi connectivity index (χ2n) is 9.14. The van der Waals surface area contributed by atoms with Gasteiger partial charge in [-0.25, -0.2) is 8.78 Å². The Morgan fingerprint density at radius 2 is 1.23 bits per heavy atom. The van der Waals surface area contributed by atoms with E-state index >= 15 is 0 Å². The van der Waals surface area contributed by atoms with Crippen molar-refractivity contribution in [3.8, 4) is 11.1 Å². The normalized spacial score (nSPS) is 19.3. The molecule has 0 spiro atoms. The first-order valence-electron chi connectivity index (χ1n) is 12.1. The van der Waals surface area contributed by atoms with Gasteiger partial charge >= 0.3 is 0 Å². The fourth-order valence-corrected chi connectivity index (χ4v) is 4.80. The van der Waals surface area contributed by atoms with Crippen LogP contribution in [0.4, 0.5) is 8.78 Å². The maximum absolute atomic E-state index is 12.9. The van der Waals surface area contributed by atoms with Crippen LogP contribution < -0.4 is 0 Å². The lowest BCUT2D eigenvalue weighted by atomic mass is 9.78. The van der Waals surface area contributed by atoms with Crippen molar-refractivity contribution in [1.29, 1.82) is 0 Å². The average molecular weight is 413 g/mol. The summed E-state index contributed by atoms with van der Waals surface area (Å²) in [5, 5.41) is 0. The number of halogens is 2. The topological polar surface area (TPSA) is 0 Å². The summed E-state index contributed by atoms with van der Waals surface area (Å²) in [4.78, 5) is 0. The van der Waals surface area contributed by atoms with Crippen LogP contribution in [-0.2, 0) is 6.42 Å². The van der Waals surface area contributed by atoms with E-state index < -0.39 is 6.43 Å². The molecular formula is C28H38F2. The molecule has 1 aliphatic rings. The van der Waals surface area contributed by atoms with Gasteiger partial charge in [0.1, 0.15) is 0 Å². The first-order chi connectivity index (χ1) is 14.7. The van der Waals surface area contributed by atoms with Crippen molar-refractivity contribution < 1.29 is 8.78 Å². The zero-order valence-electron chi connectivity index (χ0n) is 18.6. The Morgan fingerprint density at radius 1 is 0.700 bits per heavy atom. The van der Waals surface area contributed by atoms with Crippen LogP contribution in [0.15, 0.2) is 48.5 Å². The first kappa shape index (κ1) is 23.0. The van der Waals surface area contributed by atoms with Gasteiger partial charge in [-0.05, 0) is 66.7 Å². The van der Waals surface area contributed by atoms with Crippen LogP contribution in [0.5, 0.6) is 0 Å². The highest BCUT2D eigenvalue weighted by Gasteiger charge is 2.27. The van der Waals surface area contributed by atoms with Gasteiger partial charge in [0.05, 0.1) is 0 Å². The lowest BCUT2D eigenvalue weighted by molar-refractivity contribution is 0.0528. The number of aryl methyl sites for hydroxylation is 1. The predicted octanol–water partition coefficient (Wildman–Crippen LogP) is 9.19. The minimum atomic E-state index is -2.15. The van der Waals surface area contributed by atoms with Gasteiger partial charge in [0.25, 0.3) is 0 Å². The summed E-state index contributed by atoms with van der Waals surface area (Å²) in [7, 11) is 0. The molecule has 1 fully saturated rings. The van der Waals surface area contributed by atoms with Crippen LogP contribution in [-0.4, -0.2) is 6.43 Å². The minimum Gasteiger partial charge on any atom is -0.210 e. The molecule has 164 valence electrons. The van der Waals surface area contributed by atoms with Crippen molar-refractivity contribution in [3.05, 3.63) is 59.7 Å². The molecule has 1 aliphatic carbocycles. The van der Waals surface area contributed by atoms with Gasteiger partial charge in [-0.1, -0.05) is 94.0 Å². The lowest BCUT2D eigenvalue weighted by Gasteiger charge is -2.28. The first-order valence-corrected chi connectivity index (χ1v) is 12.1. The molecule has 2 aromatic rings. The van der Waals surface area contributed by atoms with Gasteiger partial charge in [-0.15, -0.1) is 0 Å². The molecule has 0 aliphatic heterocycles. The molecule has 1 saturated carbocycles. The molecule has 0 nitrogen and oxygen atoms in total. The van der Waals surface area contributed by atoms with Crippen LogP contribution in [0.2, 0.25) is 0 Å². The maximum atomic E-state index is 12.9. The van der Waals surface area contributed by atoms with Crippen LogP contribution in [0.3, 0.4) is 0 Å². The van der Waals surface area contributed by atoms with Crippen LogP contribution in [0.1, 0.15) is 94.6 Å². The van der Waals surface area contributed by atoms with Crippen LogP contribution >= 0.6 is 0 Å². The van der Waals surface area contributed by atoms with Crippen molar-refractivity contribution in [3.63, 3.8) is 0 Å². The van der Waals surface area contributed by atoms with Crippen molar-refractivity contribution in [2.24, 2.45) is 5.92 Å². The van der Waals surface area contributed by atoms with E-state index in [9.17, 15) is 8.78 Å². The number of alkyl halides is 2. The number of benzene rings is 2. The van der Waals surface area contributed by atoms with Gasteiger partial charge in [0, 0.05) is 5.92 Å². The zero-order valence-corrected chi connectivity index (χ0v) is 18.6. The zero-order chi connectivity index (χ0) is 21.2. The van der Waals surface area contributed by atoms with Crippen LogP contribution in [0, 0.1) is 5.92 Å². The molecular weight excluding hydrogens is 374 g/mol. The predicted molar refractivity (Wildman–Crippen MR) is 124 cm³/mol. The molecule has 30 heavy (non-hydrogen) atoms. The summed E-state index contributed by atoms with van der Waals surface area (Å²) >= 11 is 0. The summed E-state index contributed by atoms with van der Waals surface area (Å²) in [5.41, 5.74) is 5.23. The van der Waals surface area contributed by atoms with Crippen LogP contribution in [0.25, 0.3) is 11.1 Å². The van der Waals surface area contributed by atoms with E-state index in [0.717, 1.165) is 12.8 Å². The summed E-state index contributed by atoms with van der Waals surface area (Å²) in [5.74, 6) is 0.0542. The molecule has 2 aromatic carbocycles. The standard InChI is InChI=1S/C28H38F2/c1-2-3-4-5-6-7-8-9-22-10-12-23(13-11-22)24-14-16-25(17-15-24)26-18-20-27(21-19-26)28(29)30/h10-17,26-28H,2-9,18-21H2,1H3/t26-,27-. The number of hydrogen-bond donors (Lipinski definition) is 0. The van der Waals surface area contributed by atoms with Crippen molar-refractivity contribution in [2.75, 3.05) is 0 Å². The summed E-state index contributed by atoms with van der Waals surface area (Å²) in [6.07, 6.45) is 11.6. The second kappa shape index (κ2) is 12.2. The molecule has 0 heterocycles. The molecule has 0 N–H and O–H groups in total. The number of unbranched alkanes of at least 4 members (excludes halogenated alkanes) is 6. The molecule has 0 saturated heterocycles. The molecule has 0 radical (unpaired) electrons. The monoisotopic (exact) mass is 412 g/mol. The molecule has 3 rings (SSSR count). The van der Waals surface area contributed by atoms with Gasteiger partial charge in [-0.2, -0.15) is 0 Å². The third-order valence-corrected chi connectivity index (χ3v) is 6.87. The van der Waals surface area contributed by atoms with Gasteiger partial charge < -0.3 is 0 Å². The third-order valence-electron chi connectivity index (χ3n) is 6.87. The second-order valence-corrected chi connectivity index (χ2v) is 9.14. The Labute approximate surface area is 182 Å². The van der Waals surface area contributed by atoms with Gasteiger partial charge in [-0.3, -0.25) is 0 Å². The third kappa shape index (κ3) is 6.93. The Hall–Kier alpha value is -1.70. The molecule has 0 bridgehead atoms. The van der Waals surface area contributed by atoms with Gasteiger partial charge in [0.15, 0.2) is 0 Å². The molecule has 0 amide bonds. The van der Waals surface area contributed by atoms with E-state index in [1.807, 2.05) is 0 Å². The van der Waals surface area contributed by atoms with E-state index in [2.05, 4.69) is 55.5 Å². The SMILES string of the molecule is CCCCCCCCCc1ccc(-c2ccc([C@H]3CC[C@H](C(F)F)CC3)cc2)cc1. The fourth-order valence-electron chi connectivity index (χ4n) is 4.80. The Bertz CT molecular complexity index is 709. The Kier molecular flexibility index (Phi) is 9.36. The molecule has 0 atom stereocenters. The van der Waals surface area contributed by atoms with Crippen molar-refractivity contribution in [2.45, 2.75) is 96.3 Å². The molecule has 0 aromatic heterocycles. The smallest absolute Gasteiger partial charge is 0.210 e. The van der Waals surface area contributed by atoms with E-state index in [1.165, 1.54) is 73.6 Å². The minimum absolute atomic E-state index is 0.389. The van der Waals surface area contributed by atoms with Crippen molar-refractivity contribution >= 4 is 0 Å². The lowest BCUT2D eigenvalue weighted by Crippen LogP contribution is -2.19. The highest BCUT2D eigenvalue weighted by molar-refractivity contribution is 5.64. The number of hydrogen-bond acceptors (Lipinski definition) is 0. The van der Waals surface area contributed by atoms with Crippen molar-refractivity contribution in [1.82, 2.24) is 0 Å². The van der Waals surface area contributed by atoms with Gasteiger partial charge in [0.2, 0.25) is 6.43 Å². The molecule has 2 heteroatoms. The van der Waals surface area contributed by atoms with E-state index in [4.69, 9.17) is 0 Å². The van der Waals surface area contributed by atoms with E-state index in [-0.39, 0.29) is 5.92 Å². The van der Waals surface area contributed by atoms with E-state index in [0.29, 0.717) is 18.8 Å². The number of rotatable bonds is 11.